The maximum absolute atomic E-state index is 6.00. The standard InChI is InChI=1S/C9H6ClIS/c1-5-2-3-6-7(10)4-12-9(6)8(5)11/h2-4H,1H3. The summed E-state index contributed by atoms with van der Waals surface area (Å²) in [5.41, 5.74) is 1.32. The number of fused-ring (bicyclic) bond motifs is 1. The average molecular weight is 309 g/mol. The van der Waals surface area contributed by atoms with E-state index >= 15 is 0 Å². The quantitative estimate of drug-likeness (QED) is 0.630. The summed E-state index contributed by atoms with van der Waals surface area (Å²) in [6.07, 6.45) is 0. The van der Waals surface area contributed by atoms with E-state index in [1.165, 1.54) is 19.2 Å². The summed E-state index contributed by atoms with van der Waals surface area (Å²) in [6, 6.07) is 4.20. The molecule has 1 aromatic carbocycles. The number of hydrogen-bond acceptors (Lipinski definition) is 1. The van der Waals surface area contributed by atoms with E-state index in [2.05, 4.69) is 41.6 Å². The van der Waals surface area contributed by atoms with E-state index in [4.69, 9.17) is 11.6 Å². The van der Waals surface area contributed by atoms with E-state index in [-0.39, 0.29) is 0 Å². The zero-order chi connectivity index (χ0) is 8.72. The molecular weight excluding hydrogens is 303 g/mol. The maximum atomic E-state index is 6.00. The van der Waals surface area contributed by atoms with Crippen molar-refractivity contribution in [2.45, 2.75) is 6.92 Å². The second kappa shape index (κ2) is 3.16. The predicted octanol–water partition coefficient (Wildman–Crippen LogP) is 4.47. The summed E-state index contributed by atoms with van der Waals surface area (Å²) >= 11 is 10.1. The lowest BCUT2D eigenvalue weighted by molar-refractivity contribution is 1.48. The minimum absolute atomic E-state index is 0.868. The van der Waals surface area contributed by atoms with Crippen molar-refractivity contribution in [1.82, 2.24) is 0 Å². The van der Waals surface area contributed by atoms with Crippen LogP contribution in [-0.4, -0.2) is 0 Å². The van der Waals surface area contributed by atoms with E-state index in [1.807, 2.05) is 5.38 Å². The molecule has 2 rings (SSSR count). The van der Waals surface area contributed by atoms with Crippen LogP contribution in [0.3, 0.4) is 0 Å². The third-order valence-corrected chi connectivity index (χ3v) is 5.04. The molecular formula is C9H6ClIS. The molecule has 0 fully saturated rings. The van der Waals surface area contributed by atoms with Crippen LogP contribution < -0.4 is 0 Å². The first-order valence-corrected chi connectivity index (χ1v) is 5.85. The van der Waals surface area contributed by atoms with Crippen molar-refractivity contribution in [3.05, 3.63) is 31.7 Å². The van der Waals surface area contributed by atoms with Gasteiger partial charge in [-0.15, -0.1) is 11.3 Å². The summed E-state index contributed by atoms with van der Waals surface area (Å²) < 4.78 is 2.63. The molecule has 0 saturated heterocycles. The molecule has 1 heterocycles. The molecule has 0 aliphatic heterocycles. The normalized spacial score (nSPS) is 10.9. The number of halogens is 2. The van der Waals surface area contributed by atoms with Crippen molar-refractivity contribution in [2.75, 3.05) is 0 Å². The van der Waals surface area contributed by atoms with Gasteiger partial charge < -0.3 is 0 Å². The molecule has 0 N–H and O–H groups in total. The Bertz CT molecular complexity index is 433. The summed E-state index contributed by atoms with van der Waals surface area (Å²) in [5, 5.41) is 4.04. The van der Waals surface area contributed by atoms with Gasteiger partial charge in [0.1, 0.15) is 0 Å². The lowest BCUT2D eigenvalue weighted by atomic mass is 10.2. The van der Waals surface area contributed by atoms with Crippen LogP contribution in [0.15, 0.2) is 17.5 Å². The Morgan fingerprint density at radius 2 is 2.17 bits per heavy atom. The fourth-order valence-corrected chi connectivity index (χ4v) is 3.25. The smallest absolute Gasteiger partial charge is 0.0592 e. The third-order valence-electron chi connectivity index (χ3n) is 1.83. The molecule has 62 valence electrons. The highest BCUT2D eigenvalue weighted by Gasteiger charge is 2.06. The molecule has 0 amide bonds. The lowest BCUT2D eigenvalue weighted by Gasteiger charge is -1.98. The predicted molar refractivity (Wildman–Crippen MR) is 64.3 cm³/mol. The van der Waals surface area contributed by atoms with Crippen molar-refractivity contribution in [2.24, 2.45) is 0 Å². The van der Waals surface area contributed by atoms with Crippen LogP contribution in [0, 0.1) is 10.5 Å². The SMILES string of the molecule is Cc1ccc2c(Cl)csc2c1I. The van der Waals surface area contributed by atoms with Crippen molar-refractivity contribution in [1.29, 1.82) is 0 Å². The van der Waals surface area contributed by atoms with Crippen molar-refractivity contribution in [3.63, 3.8) is 0 Å². The molecule has 0 saturated carbocycles. The first-order valence-electron chi connectivity index (χ1n) is 3.52. The van der Waals surface area contributed by atoms with Gasteiger partial charge in [0.05, 0.1) is 5.02 Å². The average Bonchev–Trinajstić information content (AvgIpc) is 2.41. The molecule has 3 heteroatoms. The van der Waals surface area contributed by atoms with Gasteiger partial charge in [-0.3, -0.25) is 0 Å². The number of thiophene rings is 1. The number of benzene rings is 1. The minimum atomic E-state index is 0.868. The van der Waals surface area contributed by atoms with E-state index in [1.54, 1.807) is 11.3 Å². The monoisotopic (exact) mass is 308 g/mol. The van der Waals surface area contributed by atoms with E-state index in [9.17, 15) is 0 Å². The van der Waals surface area contributed by atoms with Gasteiger partial charge in [-0.05, 0) is 35.1 Å². The second-order valence-corrected chi connectivity index (χ2v) is 5.02. The number of rotatable bonds is 0. The molecule has 0 aliphatic rings. The summed E-state index contributed by atoms with van der Waals surface area (Å²) in [6.45, 7) is 2.12. The topological polar surface area (TPSA) is 0 Å². The van der Waals surface area contributed by atoms with Gasteiger partial charge in [0.15, 0.2) is 0 Å². The third kappa shape index (κ3) is 1.26. The van der Waals surface area contributed by atoms with E-state index in [0.717, 1.165) is 5.02 Å². The molecule has 0 nitrogen and oxygen atoms in total. The van der Waals surface area contributed by atoms with Crippen LogP contribution in [0.1, 0.15) is 5.56 Å². The fourth-order valence-electron chi connectivity index (χ4n) is 1.13. The van der Waals surface area contributed by atoms with Gasteiger partial charge in [-0.25, -0.2) is 0 Å². The molecule has 2 aromatic rings. The Hall–Kier alpha value is 0.200. The lowest BCUT2D eigenvalue weighted by Crippen LogP contribution is -1.77. The Morgan fingerprint density at radius 3 is 2.92 bits per heavy atom. The Kier molecular flexibility index (Phi) is 2.31. The zero-order valence-electron chi connectivity index (χ0n) is 6.40. The van der Waals surface area contributed by atoms with Gasteiger partial charge in [0.2, 0.25) is 0 Å². The minimum Gasteiger partial charge on any atom is -0.141 e. The highest BCUT2D eigenvalue weighted by atomic mass is 127. The molecule has 0 radical (unpaired) electrons. The second-order valence-electron chi connectivity index (χ2n) is 2.66. The Labute approximate surface area is 93.7 Å². The molecule has 12 heavy (non-hydrogen) atoms. The first-order chi connectivity index (χ1) is 5.70. The van der Waals surface area contributed by atoms with Crippen LogP contribution in [0.4, 0.5) is 0 Å². The highest BCUT2D eigenvalue weighted by Crippen LogP contribution is 2.34. The summed E-state index contributed by atoms with van der Waals surface area (Å²) in [4.78, 5) is 0. The largest absolute Gasteiger partial charge is 0.141 e. The van der Waals surface area contributed by atoms with Crippen molar-refractivity contribution < 1.29 is 0 Å². The summed E-state index contributed by atoms with van der Waals surface area (Å²) in [7, 11) is 0. The van der Waals surface area contributed by atoms with Crippen LogP contribution >= 0.6 is 45.5 Å². The molecule has 0 atom stereocenters. The zero-order valence-corrected chi connectivity index (χ0v) is 10.1. The molecule has 0 bridgehead atoms. The molecule has 0 aliphatic carbocycles. The van der Waals surface area contributed by atoms with Gasteiger partial charge in [0.25, 0.3) is 0 Å². The van der Waals surface area contributed by atoms with E-state index < -0.39 is 0 Å². The van der Waals surface area contributed by atoms with Crippen molar-refractivity contribution in [3.8, 4) is 0 Å². The van der Waals surface area contributed by atoms with Gasteiger partial charge in [0, 0.05) is 19.0 Å². The first kappa shape index (κ1) is 8.78. The van der Waals surface area contributed by atoms with Crippen molar-refractivity contribution >= 4 is 55.6 Å². The van der Waals surface area contributed by atoms with Gasteiger partial charge in [-0.1, -0.05) is 23.7 Å². The van der Waals surface area contributed by atoms with Crippen LogP contribution in [0.5, 0.6) is 0 Å². The highest BCUT2D eigenvalue weighted by molar-refractivity contribution is 14.1. The Morgan fingerprint density at radius 1 is 1.42 bits per heavy atom. The summed E-state index contributed by atoms with van der Waals surface area (Å²) in [5.74, 6) is 0. The van der Waals surface area contributed by atoms with Crippen LogP contribution in [0.2, 0.25) is 5.02 Å². The molecule has 0 spiro atoms. The maximum Gasteiger partial charge on any atom is 0.0592 e. The van der Waals surface area contributed by atoms with Crippen LogP contribution in [-0.2, 0) is 0 Å². The van der Waals surface area contributed by atoms with Gasteiger partial charge >= 0.3 is 0 Å². The fraction of sp³-hybridized carbons (Fsp3) is 0.111. The van der Waals surface area contributed by atoms with E-state index in [0.29, 0.717) is 0 Å². The number of aryl methyl sites for hydroxylation is 1. The molecule has 1 aromatic heterocycles. The van der Waals surface area contributed by atoms with Gasteiger partial charge in [-0.2, -0.15) is 0 Å². The molecule has 0 unspecified atom stereocenters. The Balaban J connectivity index is 2.93. The number of hydrogen-bond donors (Lipinski definition) is 0. The van der Waals surface area contributed by atoms with Crippen LogP contribution in [0.25, 0.3) is 10.1 Å².